The van der Waals surface area contributed by atoms with Crippen molar-refractivity contribution in [3.63, 3.8) is 0 Å². The Balaban J connectivity index is 2.63. The van der Waals surface area contributed by atoms with Gasteiger partial charge in [-0.15, -0.1) is 0 Å². The molecule has 1 aromatic rings. The standard InChI is InChI=1S/C11H14F3NO/c1-2-15(8-11(12,13)14)7-9-4-3-5-10(16)6-9/h3-6,16H,2,7-8H2,1H3. The van der Waals surface area contributed by atoms with Gasteiger partial charge in [0.05, 0.1) is 6.54 Å². The number of halogens is 3. The van der Waals surface area contributed by atoms with Crippen molar-refractivity contribution in [1.29, 1.82) is 0 Å². The summed E-state index contributed by atoms with van der Waals surface area (Å²) in [6.07, 6.45) is -4.19. The zero-order chi connectivity index (χ0) is 12.2. The lowest BCUT2D eigenvalue weighted by Crippen LogP contribution is -2.33. The van der Waals surface area contributed by atoms with E-state index in [9.17, 15) is 18.3 Å². The lowest BCUT2D eigenvalue weighted by atomic mass is 10.2. The molecule has 16 heavy (non-hydrogen) atoms. The zero-order valence-electron chi connectivity index (χ0n) is 8.96. The van der Waals surface area contributed by atoms with Gasteiger partial charge in [-0.1, -0.05) is 19.1 Å². The number of nitrogens with zero attached hydrogens (tertiary/aromatic N) is 1. The second kappa shape index (κ2) is 5.21. The molecule has 90 valence electrons. The van der Waals surface area contributed by atoms with Crippen LogP contribution in [-0.4, -0.2) is 29.3 Å². The fourth-order valence-electron chi connectivity index (χ4n) is 1.45. The molecule has 5 heteroatoms. The maximum Gasteiger partial charge on any atom is 0.401 e. The fourth-order valence-corrected chi connectivity index (χ4v) is 1.45. The highest BCUT2D eigenvalue weighted by molar-refractivity contribution is 5.26. The first-order chi connectivity index (χ1) is 7.40. The van der Waals surface area contributed by atoms with Gasteiger partial charge in [-0.3, -0.25) is 4.90 Å². The van der Waals surface area contributed by atoms with Gasteiger partial charge in [-0.05, 0) is 24.2 Å². The van der Waals surface area contributed by atoms with Gasteiger partial charge in [0.2, 0.25) is 0 Å². The monoisotopic (exact) mass is 233 g/mol. The Kier molecular flexibility index (Phi) is 4.18. The number of phenolic OH excluding ortho intramolecular Hbond substituents is 1. The van der Waals surface area contributed by atoms with Gasteiger partial charge >= 0.3 is 6.18 Å². The third kappa shape index (κ3) is 4.53. The van der Waals surface area contributed by atoms with Crippen LogP contribution >= 0.6 is 0 Å². The Morgan fingerprint density at radius 2 is 2.00 bits per heavy atom. The Bertz CT molecular complexity index is 338. The first kappa shape index (κ1) is 12.8. The Morgan fingerprint density at radius 3 is 2.50 bits per heavy atom. The van der Waals surface area contributed by atoms with E-state index in [0.717, 1.165) is 0 Å². The maximum absolute atomic E-state index is 12.2. The highest BCUT2D eigenvalue weighted by Crippen LogP contribution is 2.19. The van der Waals surface area contributed by atoms with E-state index in [0.29, 0.717) is 12.1 Å². The molecule has 0 aromatic heterocycles. The Labute approximate surface area is 92.3 Å². The van der Waals surface area contributed by atoms with Crippen LogP contribution in [0.2, 0.25) is 0 Å². The molecule has 1 aromatic carbocycles. The van der Waals surface area contributed by atoms with Crippen molar-refractivity contribution in [3.05, 3.63) is 29.8 Å². The SMILES string of the molecule is CCN(Cc1cccc(O)c1)CC(F)(F)F. The third-order valence-electron chi connectivity index (χ3n) is 2.17. The number of phenols is 1. The van der Waals surface area contributed by atoms with Crippen molar-refractivity contribution in [2.45, 2.75) is 19.6 Å². The van der Waals surface area contributed by atoms with Crippen LogP contribution in [0.3, 0.4) is 0 Å². The highest BCUT2D eigenvalue weighted by atomic mass is 19.4. The predicted octanol–water partition coefficient (Wildman–Crippen LogP) is 2.78. The molecule has 0 aliphatic heterocycles. The minimum Gasteiger partial charge on any atom is -0.508 e. The van der Waals surface area contributed by atoms with Gasteiger partial charge in [0, 0.05) is 6.54 Å². The first-order valence-electron chi connectivity index (χ1n) is 4.97. The number of aromatic hydroxyl groups is 1. The molecular formula is C11H14F3NO. The number of hydrogen-bond acceptors (Lipinski definition) is 2. The highest BCUT2D eigenvalue weighted by Gasteiger charge is 2.29. The van der Waals surface area contributed by atoms with Crippen molar-refractivity contribution in [3.8, 4) is 5.75 Å². The lowest BCUT2D eigenvalue weighted by Gasteiger charge is -2.21. The van der Waals surface area contributed by atoms with E-state index in [1.807, 2.05) is 0 Å². The molecule has 0 unspecified atom stereocenters. The molecule has 0 aliphatic rings. The predicted molar refractivity (Wildman–Crippen MR) is 55.1 cm³/mol. The van der Waals surface area contributed by atoms with Crippen LogP contribution in [0.4, 0.5) is 13.2 Å². The number of benzene rings is 1. The molecule has 0 heterocycles. The van der Waals surface area contributed by atoms with Crippen LogP contribution in [0.25, 0.3) is 0 Å². The summed E-state index contributed by atoms with van der Waals surface area (Å²) in [5.41, 5.74) is 0.672. The summed E-state index contributed by atoms with van der Waals surface area (Å²) in [6.45, 7) is 1.24. The maximum atomic E-state index is 12.2. The molecule has 0 aliphatic carbocycles. The van der Waals surface area contributed by atoms with E-state index in [4.69, 9.17) is 0 Å². The summed E-state index contributed by atoms with van der Waals surface area (Å²) < 4.78 is 36.6. The molecular weight excluding hydrogens is 219 g/mol. The summed E-state index contributed by atoms with van der Waals surface area (Å²) >= 11 is 0. The fraction of sp³-hybridized carbons (Fsp3) is 0.455. The van der Waals surface area contributed by atoms with E-state index in [1.54, 1.807) is 19.1 Å². The topological polar surface area (TPSA) is 23.5 Å². The van der Waals surface area contributed by atoms with Crippen LogP contribution in [0.1, 0.15) is 12.5 Å². The van der Waals surface area contributed by atoms with Crippen LogP contribution in [0.15, 0.2) is 24.3 Å². The Morgan fingerprint density at radius 1 is 1.31 bits per heavy atom. The molecule has 2 nitrogen and oxygen atoms in total. The van der Waals surface area contributed by atoms with Crippen LogP contribution < -0.4 is 0 Å². The minimum absolute atomic E-state index is 0.0700. The molecule has 0 fully saturated rings. The summed E-state index contributed by atoms with van der Waals surface area (Å²) in [5, 5.41) is 9.19. The van der Waals surface area contributed by atoms with Gasteiger partial charge in [-0.2, -0.15) is 13.2 Å². The average Bonchev–Trinajstić information content (AvgIpc) is 2.14. The normalized spacial score (nSPS) is 12.1. The number of alkyl halides is 3. The zero-order valence-corrected chi connectivity index (χ0v) is 8.96. The van der Waals surface area contributed by atoms with Crippen molar-refractivity contribution in [2.75, 3.05) is 13.1 Å². The molecule has 1 rings (SSSR count). The van der Waals surface area contributed by atoms with Gasteiger partial charge in [-0.25, -0.2) is 0 Å². The smallest absolute Gasteiger partial charge is 0.401 e. The second-order valence-corrected chi connectivity index (χ2v) is 3.59. The Hall–Kier alpha value is -1.23. The molecule has 0 bridgehead atoms. The van der Waals surface area contributed by atoms with Crippen LogP contribution in [0.5, 0.6) is 5.75 Å². The molecule has 0 amide bonds. The van der Waals surface area contributed by atoms with E-state index >= 15 is 0 Å². The summed E-state index contributed by atoms with van der Waals surface area (Å²) in [5.74, 6) is 0.0700. The largest absolute Gasteiger partial charge is 0.508 e. The molecule has 0 saturated carbocycles. The molecule has 0 radical (unpaired) electrons. The van der Waals surface area contributed by atoms with Gasteiger partial charge in [0.1, 0.15) is 5.75 Å². The quantitative estimate of drug-likeness (QED) is 0.864. The van der Waals surface area contributed by atoms with Gasteiger partial charge in [0.15, 0.2) is 0 Å². The summed E-state index contributed by atoms with van der Waals surface area (Å²) in [6, 6.07) is 6.27. The summed E-state index contributed by atoms with van der Waals surface area (Å²) in [4.78, 5) is 1.27. The molecule has 1 N–H and O–H groups in total. The van der Waals surface area contributed by atoms with Crippen LogP contribution in [0, 0.1) is 0 Å². The molecule has 0 atom stereocenters. The number of hydrogen-bond donors (Lipinski definition) is 1. The lowest BCUT2D eigenvalue weighted by molar-refractivity contribution is -0.146. The van der Waals surface area contributed by atoms with Crippen molar-refractivity contribution in [1.82, 2.24) is 4.90 Å². The molecule has 0 spiro atoms. The van der Waals surface area contributed by atoms with E-state index in [-0.39, 0.29) is 12.3 Å². The van der Waals surface area contributed by atoms with Crippen molar-refractivity contribution >= 4 is 0 Å². The second-order valence-electron chi connectivity index (χ2n) is 3.59. The van der Waals surface area contributed by atoms with E-state index in [1.165, 1.54) is 17.0 Å². The first-order valence-corrected chi connectivity index (χ1v) is 4.97. The third-order valence-corrected chi connectivity index (χ3v) is 2.17. The molecule has 0 saturated heterocycles. The summed E-state index contributed by atoms with van der Waals surface area (Å²) in [7, 11) is 0. The van der Waals surface area contributed by atoms with E-state index < -0.39 is 12.7 Å². The minimum atomic E-state index is -4.19. The van der Waals surface area contributed by atoms with E-state index in [2.05, 4.69) is 0 Å². The van der Waals surface area contributed by atoms with Crippen molar-refractivity contribution < 1.29 is 18.3 Å². The van der Waals surface area contributed by atoms with Gasteiger partial charge in [0.25, 0.3) is 0 Å². The van der Waals surface area contributed by atoms with Crippen LogP contribution in [-0.2, 0) is 6.54 Å². The van der Waals surface area contributed by atoms with Gasteiger partial charge < -0.3 is 5.11 Å². The average molecular weight is 233 g/mol. The van der Waals surface area contributed by atoms with Crippen molar-refractivity contribution in [2.24, 2.45) is 0 Å². The number of rotatable bonds is 4.